The Morgan fingerprint density at radius 3 is 2.29 bits per heavy atom. The minimum atomic E-state index is -1.12. The van der Waals surface area contributed by atoms with Crippen LogP contribution in [0, 0.1) is 11.8 Å². The van der Waals surface area contributed by atoms with Gasteiger partial charge >= 0.3 is 8.90 Å². The van der Waals surface area contributed by atoms with Crippen LogP contribution in [0.5, 0.6) is 0 Å². The highest BCUT2D eigenvalue weighted by Gasteiger charge is 2.18. The zero-order chi connectivity index (χ0) is 11.9. The Morgan fingerprint density at radius 2 is 1.76 bits per heavy atom. The molecule has 0 N–H and O–H groups in total. The molecule has 3 heteroatoms. The van der Waals surface area contributed by atoms with E-state index in [0.717, 1.165) is 25.0 Å². The molecular formula is C14H24O2Si. The third-order valence-corrected chi connectivity index (χ3v) is 5.46. The van der Waals surface area contributed by atoms with Crippen molar-refractivity contribution in [2.24, 2.45) is 11.8 Å². The first-order valence-corrected chi connectivity index (χ1v) is 8.42. The van der Waals surface area contributed by atoms with Crippen LogP contribution in [0.3, 0.4) is 0 Å². The van der Waals surface area contributed by atoms with Gasteiger partial charge in [-0.15, -0.1) is 0 Å². The molecule has 2 fully saturated rings. The van der Waals surface area contributed by atoms with Crippen molar-refractivity contribution in [3.8, 4) is 0 Å². The van der Waals surface area contributed by atoms with Crippen LogP contribution in [-0.2, 0) is 8.85 Å². The second kappa shape index (κ2) is 6.99. The Labute approximate surface area is 106 Å². The van der Waals surface area contributed by atoms with E-state index in [1.54, 1.807) is 0 Å². The van der Waals surface area contributed by atoms with E-state index in [2.05, 4.69) is 17.8 Å². The van der Waals surface area contributed by atoms with Crippen molar-refractivity contribution in [3.05, 3.63) is 12.2 Å². The predicted molar refractivity (Wildman–Crippen MR) is 73.2 cm³/mol. The van der Waals surface area contributed by atoms with E-state index in [1.807, 2.05) is 6.92 Å². The zero-order valence-corrected chi connectivity index (χ0v) is 11.9. The summed E-state index contributed by atoms with van der Waals surface area (Å²) in [5.41, 5.74) is 2.34. The summed E-state index contributed by atoms with van der Waals surface area (Å²) in [5, 5.41) is 0. The van der Waals surface area contributed by atoms with Gasteiger partial charge in [0, 0.05) is 0 Å². The summed E-state index contributed by atoms with van der Waals surface area (Å²) in [6, 6.07) is 0. The van der Waals surface area contributed by atoms with E-state index in [0.29, 0.717) is 0 Å². The fraction of sp³-hybridized carbons (Fsp3) is 0.786. The van der Waals surface area contributed by atoms with Gasteiger partial charge in [0.15, 0.2) is 0 Å². The molecule has 0 heterocycles. The Balaban J connectivity index is 1.68. The molecule has 0 radical (unpaired) electrons. The smallest absolute Gasteiger partial charge is 0.476 e. The molecule has 96 valence electrons. The highest BCUT2D eigenvalue weighted by molar-refractivity contribution is 6.54. The van der Waals surface area contributed by atoms with E-state index in [9.17, 15) is 0 Å². The van der Waals surface area contributed by atoms with Crippen LogP contribution < -0.4 is 0 Å². The van der Waals surface area contributed by atoms with Gasteiger partial charge < -0.3 is 8.85 Å². The van der Waals surface area contributed by atoms with Gasteiger partial charge in [0.1, 0.15) is 0 Å². The summed E-state index contributed by atoms with van der Waals surface area (Å²) in [5.74, 6) is 1.60. The molecule has 2 nitrogen and oxygen atoms in total. The monoisotopic (exact) mass is 252 g/mol. The molecule has 2 aliphatic rings. The van der Waals surface area contributed by atoms with Crippen LogP contribution >= 0.6 is 0 Å². The van der Waals surface area contributed by atoms with Gasteiger partial charge in [-0.25, -0.2) is 0 Å². The van der Waals surface area contributed by atoms with E-state index in [-0.39, 0.29) is 0 Å². The maximum Gasteiger partial charge on any atom is 0.476 e. The predicted octanol–water partition coefficient (Wildman–Crippen LogP) is 3.07. The van der Waals surface area contributed by atoms with Crippen molar-refractivity contribution >= 4 is 14.6 Å². The highest BCUT2D eigenvalue weighted by atomic mass is 28.3. The molecule has 0 saturated heterocycles. The molecule has 2 saturated carbocycles. The Morgan fingerprint density at radius 1 is 1.06 bits per heavy atom. The Kier molecular flexibility index (Phi) is 5.30. The molecule has 0 aromatic heterocycles. The van der Waals surface area contributed by atoms with Gasteiger partial charge in [0.25, 0.3) is 0 Å². The minimum Gasteiger partial charge on any atom is -0.524 e. The van der Waals surface area contributed by atoms with Crippen molar-refractivity contribution in [2.45, 2.75) is 45.4 Å². The zero-order valence-electron chi connectivity index (χ0n) is 10.9. The quantitative estimate of drug-likeness (QED) is 0.512. The van der Waals surface area contributed by atoms with E-state index in [4.69, 9.17) is 8.85 Å². The summed E-state index contributed by atoms with van der Waals surface area (Å²) < 4.78 is 11.5. The van der Waals surface area contributed by atoms with Gasteiger partial charge in [-0.1, -0.05) is 25.0 Å². The number of rotatable bonds is 7. The maximum absolute atomic E-state index is 5.85. The Hall–Kier alpha value is -0.573. The fourth-order valence-electron chi connectivity index (χ4n) is 2.09. The van der Waals surface area contributed by atoms with Crippen LogP contribution in [0.25, 0.3) is 0 Å². The van der Waals surface area contributed by atoms with E-state index >= 15 is 0 Å². The number of hydrogen-bond donors (Lipinski definition) is 0. The van der Waals surface area contributed by atoms with Crippen LogP contribution in [0.15, 0.2) is 12.2 Å². The molecule has 0 aromatic carbocycles. The Bertz CT molecular complexity index is 278. The van der Waals surface area contributed by atoms with Gasteiger partial charge in [0.05, 0.1) is 13.2 Å². The molecular weight excluding hydrogens is 228 g/mol. The lowest BCUT2D eigenvalue weighted by Gasteiger charge is -2.22. The molecule has 0 aromatic rings. The van der Waals surface area contributed by atoms with Crippen molar-refractivity contribution in [1.82, 2.24) is 0 Å². The molecule has 0 spiro atoms. The van der Waals surface area contributed by atoms with Crippen molar-refractivity contribution in [3.63, 3.8) is 0 Å². The normalized spacial score (nSPS) is 22.3. The molecule has 2 aliphatic carbocycles. The van der Waals surface area contributed by atoms with E-state index in [1.165, 1.54) is 38.5 Å². The number of hydrogen-bond acceptors (Lipinski definition) is 2. The van der Waals surface area contributed by atoms with Crippen molar-refractivity contribution < 1.29 is 8.85 Å². The standard InChI is InChI=1S/C14H24O2Si/c1-2-15-17(12-14-8-4-9-14)16-11-5-10-13-6-3-7-13/h5,10,12-14H,2-4,6-9,11H2,1H3. The largest absolute Gasteiger partial charge is 0.524 e. The lowest BCUT2D eigenvalue weighted by Crippen LogP contribution is -2.24. The summed E-state index contributed by atoms with van der Waals surface area (Å²) in [7, 11) is -1.12. The fourth-order valence-corrected chi connectivity index (χ4v) is 3.63. The van der Waals surface area contributed by atoms with Crippen LogP contribution in [0.4, 0.5) is 0 Å². The van der Waals surface area contributed by atoms with Crippen LogP contribution in [-0.4, -0.2) is 27.8 Å². The summed E-state index contributed by atoms with van der Waals surface area (Å²) >= 11 is 0. The van der Waals surface area contributed by atoms with Gasteiger partial charge in [-0.3, -0.25) is 0 Å². The highest BCUT2D eigenvalue weighted by Crippen LogP contribution is 2.27. The third-order valence-electron chi connectivity index (χ3n) is 3.69. The van der Waals surface area contributed by atoms with Crippen LogP contribution in [0.1, 0.15) is 45.4 Å². The number of allylic oxidation sites excluding steroid dienone is 1. The first kappa shape index (κ1) is 12.9. The molecule has 2 rings (SSSR count). The lowest BCUT2D eigenvalue weighted by molar-refractivity contribution is 0.242. The van der Waals surface area contributed by atoms with Gasteiger partial charge in [-0.05, 0) is 50.1 Å². The topological polar surface area (TPSA) is 18.5 Å². The average Bonchev–Trinajstić information content (AvgIpc) is 2.20. The summed E-state index contributed by atoms with van der Waals surface area (Å²) in [6.07, 6.45) is 12.7. The SMILES string of the molecule is CCO[Si](=CC1CCC1)OCC=CC1CCC1. The lowest BCUT2D eigenvalue weighted by atomic mass is 9.85. The second-order valence-electron chi connectivity index (χ2n) is 5.04. The first-order chi connectivity index (χ1) is 8.38. The van der Waals surface area contributed by atoms with E-state index < -0.39 is 8.90 Å². The van der Waals surface area contributed by atoms with Crippen molar-refractivity contribution in [2.75, 3.05) is 13.2 Å². The first-order valence-electron chi connectivity index (χ1n) is 7.02. The summed E-state index contributed by atoms with van der Waals surface area (Å²) in [6.45, 7) is 3.55. The summed E-state index contributed by atoms with van der Waals surface area (Å²) in [4.78, 5) is 0. The van der Waals surface area contributed by atoms with Gasteiger partial charge in [-0.2, -0.15) is 0 Å². The molecule has 0 bridgehead atoms. The van der Waals surface area contributed by atoms with Crippen molar-refractivity contribution in [1.29, 1.82) is 0 Å². The molecule has 17 heavy (non-hydrogen) atoms. The molecule has 0 atom stereocenters. The molecule has 0 unspecified atom stereocenters. The van der Waals surface area contributed by atoms with Crippen LogP contribution in [0.2, 0.25) is 0 Å². The average molecular weight is 252 g/mol. The maximum atomic E-state index is 5.85. The minimum absolute atomic E-state index is 0.730. The third kappa shape index (κ3) is 4.30. The second-order valence-corrected chi connectivity index (χ2v) is 6.59. The molecule has 0 amide bonds. The van der Waals surface area contributed by atoms with Gasteiger partial charge in [0.2, 0.25) is 0 Å². The molecule has 0 aliphatic heterocycles.